The van der Waals surface area contributed by atoms with Crippen molar-refractivity contribution in [1.29, 1.82) is 0 Å². The lowest BCUT2D eigenvalue weighted by atomic mass is 9.96. The lowest BCUT2D eigenvalue weighted by molar-refractivity contribution is 0.221. The second-order valence-corrected chi connectivity index (χ2v) is 5.89. The summed E-state index contributed by atoms with van der Waals surface area (Å²) in [5.74, 6) is -0.733. The Bertz CT molecular complexity index is 598. The number of hydrogen-bond acceptors (Lipinski definition) is 7. The monoisotopic (exact) mass is 273 g/mol. The van der Waals surface area contributed by atoms with Gasteiger partial charge in [0, 0.05) is 36.0 Å². The van der Waals surface area contributed by atoms with E-state index in [0.717, 1.165) is 12.0 Å². The summed E-state index contributed by atoms with van der Waals surface area (Å²) in [7, 11) is 2.20. The van der Waals surface area contributed by atoms with Crippen LogP contribution in [-0.4, -0.2) is 28.9 Å². The van der Waals surface area contributed by atoms with Gasteiger partial charge < -0.3 is 5.73 Å². The number of hydrogen-bond donors (Lipinski definition) is 4. The molecular weight excluding hydrogens is 254 g/mol. The van der Waals surface area contributed by atoms with Crippen LogP contribution in [0.1, 0.15) is 35.7 Å². The van der Waals surface area contributed by atoms with Crippen LogP contribution in [0.4, 0.5) is 0 Å². The fraction of sp³-hybridized carbons (Fsp3) is 0.538. The number of aliphatic imine (C=N–C) groups is 1. The standard InChI is InChI=1S/C13H19N7/c1-20-8-2-3-11(20)9-4-7(6-16-10(9)5-8)13(15)17-12(14)18-19-13/h4,6,8,11,19H,2-3,5,15H2,1H3,(H3,14,17,18). The molecule has 0 amide bonds. The van der Waals surface area contributed by atoms with E-state index in [0.29, 0.717) is 18.0 Å². The Morgan fingerprint density at radius 1 is 1.45 bits per heavy atom. The Balaban J connectivity index is 1.77. The van der Waals surface area contributed by atoms with Crippen molar-refractivity contribution in [2.24, 2.45) is 16.5 Å². The Hall–Kier alpha value is -1.70. The number of nitrogens with one attached hydrogen (secondary N) is 2. The minimum Gasteiger partial charge on any atom is -0.369 e. The van der Waals surface area contributed by atoms with Gasteiger partial charge >= 0.3 is 0 Å². The molecule has 0 aromatic carbocycles. The fourth-order valence-corrected chi connectivity index (χ4v) is 3.58. The molecule has 1 aromatic heterocycles. The van der Waals surface area contributed by atoms with Crippen molar-refractivity contribution in [3.8, 4) is 0 Å². The van der Waals surface area contributed by atoms with Crippen molar-refractivity contribution in [2.75, 3.05) is 7.05 Å². The lowest BCUT2D eigenvalue weighted by Crippen LogP contribution is -2.50. The third-order valence-corrected chi connectivity index (χ3v) is 4.75. The van der Waals surface area contributed by atoms with Crippen molar-refractivity contribution < 1.29 is 0 Å². The quantitative estimate of drug-likeness (QED) is 0.537. The molecule has 3 atom stereocenters. The molecular formula is C13H19N7. The van der Waals surface area contributed by atoms with E-state index in [-0.39, 0.29) is 0 Å². The number of likely N-dealkylation sites (N-methyl/N-ethyl adjacent to an activating group) is 1. The molecule has 1 saturated heterocycles. The summed E-state index contributed by atoms with van der Waals surface area (Å²) in [6.45, 7) is 0. The molecule has 3 aliphatic heterocycles. The van der Waals surface area contributed by atoms with E-state index in [4.69, 9.17) is 11.5 Å². The number of nitrogens with zero attached hydrogens (tertiary/aromatic N) is 3. The molecule has 20 heavy (non-hydrogen) atoms. The summed E-state index contributed by atoms with van der Waals surface area (Å²) >= 11 is 0. The van der Waals surface area contributed by atoms with Crippen LogP contribution >= 0.6 is 0 Å². The molecule has 4 heterocycles. The van der Waals surface area contributed by atoms with E-state index in [1.54, 1.807) is 6.20 Å². The number of fused-ring (bicyclic) bond motifs is 4. The summed E-state index contributed by atoms with van der Waals surface area (Å²) in [5, 5.41) is 0. The zero-order valence-electron chi connectivity index (χ0n) is 11.4. The van der Waals surface area contributed by atoms with Gasteiger partial charge in [-0.3, -0.25) is 21.0 Å². The average Bonchev–Trinajstić information content (AvgIpc) is 2.88. The van der Waals surface area contributed by atoms with Crippen LogP contribution in [0.25, 0.3) is 0 Å². The number of nitrogens with two attached hydrogens (primary N) is 2. The Kier molecular flexibility index (Phi) is 2.36. The summed E-state index contributed by atoms with van der Waals surface area (Å²) in [4.78, 5) is 11.3. The molecule has 0 aliphatic carbocycles. The maximum absolute atomic E-state index is 6.24. The third-order valence-electron chi connectivity index (χ3n) is 4.75. The van der Waals surface area contributed by atoms with Crippen molar-refractivity contribution >= 4 is 5.96 Å². The first-order chi connectivity index (χ1) is 9.57. The topological polar surface area (TPSA) is 105 Å². The van der Waals surface area contributed by atoms with Crippen molar-refractivity contribution in [1.82, 2.24) is 20.7 Å². The van der Waals surface area contributed by atoms with Gasteiger partial charge in [-0.15, -0.1) is 0 Å². The zero-order chi connectivity index (χ0) is 13.9. The first-order valence-corrected chi connectivity index (χ1v) is 6.95. The van der Waals surface area contributed by atoms with Crippen LogP contribution in [0.3, 0.4) is 0 Å². The first-order valence-electron chi connectivity index (χ1n) is 6.95. The second-order valence-electron chi connectivity index (χ2n) is 5.89. The summed E-state index contributed by atoms with van der Waals surface area (Å²) < 4.78 is 0. The summed E-state index contributed by atoms with van der Waals surface area (Å²) in [6.07, 6.45) is 5.26. The van der Waals surface area contributed by atoms with E-state index in [2.05, 4.69) is 38.8 Å². The van der Waals surface area contributed by atoms with Crippen molar-refractivity contribution in [3.63, 3.8) is 0 Å². The van der Waals surface area contributed by atoms with Gasteiger partial charge in [0.15, 0.2) is 0 Å². The predicted molar refractivity (Wildman–Crippen MR) is 75.2 cm³/mol. The van der Waals surface area contributed by atoms with Gasteiger partial charge in [0.1, 0.15) is 0 Å². The smallest absolute Gasteiger partial charge is 0.210 e. The van der Waals surface area contributed by atoms with Gasteiger partial charge in [-0.2, -0.15) is 5.43 Å². The van der Waals surface area contributed by atoms with Crippen molar-refractivity contribution in [3.05, 3.63) is 29.1 Å². The SMILES string of the molecule is CN1C2CCC1c1cc(C3(N)N=C(N)NN3)cnc1C2. The maximum atomic E-state index is 6.24. The first kappa shape index (κ1) is 12.1. The van der Waals surface area contributed by atoms with Gasteiger partial charge in [0.2, 0.25) is 11.7 Å². The molecule has 6 N–H and O–H groups in total. The van der Waals surface area contributed by atoms with Gasteiger partial charge in [0.05, 0.1) is 0 Å². The minimum absolute atomic E-state index is 0.295. The maximum Gasteiger partial charge on any atom is 0.210 e. The van der Waals surface area contributed by atoms with Gasteiger partial charge in [-0.05, 0) is 31.5 Å². The molecule has 7 nitrogen and oxygen atoms in total. The molecule has 3 aliphatic rings. The highest BCUT2D eigenvalue weighted by Crippen LogP contribution is 2.42. The highest BCUT2D eigenvalue weighted by atomic mass is 15.6. The lowest BCUT2D eigenvalue weighted by Gasteiger charge is -2.33. The molecule has 3 unspecified atom stereocenters. The Morgan fingerprint density at radius 2 is 2.30 bits per heavy atom. The largest absolute Gasteiger partial charge is 0.369 e. The van der Waals surface area contributed by atoms with E-state index in [1.165, 1.54) is 24.1 Å². The summed E-state index contributed by atoms with van der Waals surface area (Å²) in [5.41, 5.74) is 20.8. The van der Waals surface area contributed by atoms with Crippen LogP contribution < -0.4 is 22.3 Å². The highest BCUT2D eigenvalue weighted by Gasteiger charge is 2.40. The fourth-order valence-electron chi connectivity index (χ4n) is 3.58. The number of pyridine rings is 1. The normalized spacial score (nSPS) is 35.6. The average molecular weight is 273 g/mol. The Morgan fingerprint density at radius 3 is 3.05 bits per heavy atom. The molecule has 0 spiro atoms. The van der Waals surface area contributed by atoms with Gasteiger partial charge in [0.25, 0.3) is 0 Å². The highest BCUT2D eigenvalue weighted by molar-refractivity contribution is 5.79. The van der Waals surface area contributed by atoms with Gasteiger partial charge in [-0.25, -0.2) is 4.99 Å². The van der Waals surface area contributed by atoms with Crippen molar-refractivity contribution in [2.45, 2.75) is 37.1 Å². The molecule has 106 valence electrons. The van der Waals surface area contributed by atoms with E-state index in [9.17, 15) is 0 Å². The number of aromatic nitrogens is 1. The van der Waals surface area contributed by atoms with Crippen LogP contribution in [0.15, 0.2) is 17.3 Å². The molecule has 7 heteroatoms. The summed E-state index contributed by atoms with van der Waals surface area (Å²) in [6, 6.07) is 3.22. The minimum atomic E-state index is -1.03. The predicted octanol–water partition coefficient (Wildman–Crippen LogP) is -0.735. The number of guanidine groups is 1. The van der Waals surface area contributed by atoms with Gasteiger partial charge in [-0.1, -0.05) is 0 Å². The molecule has 0 radical (unpaired) electrons. The zero-order valence-corrected chi connectivity index (χ0v) is 11.4. The van der Waals surface area contributed by atoms with Crippen LogP contribution in [0.5, 0.6) is 0 Å². The molecule has 4 rings (SSSR count). The van der Waals surface area contributed by atoms with E-state index < -0.39 is 5.79 Å². The van der Waals surface area contributed by atoms with Crippen LogP contribution in [0, 0.1) is 0 Å². The second kappa shape index (κ2) is 3.91. The van der Waals surface area contributed by atoms with E-state index in [1.807, 2.05) is 0 Å². The number of rotatable bonds is 1. The molecule has 0 saturated carbocycles. The van der Waals surface area contributed by atoms with Crippen LogP contribution in [0.2, 0.25) is 0 Å². The number of hydrazine groups is 1. The third kappa shape index (κ3) is 1.57. The Labute approximate surface area is 117 Å². The van der Waals surface area contributed by atoms with Crippen LogP contribution in [-0.2, 0) is 12.2 Å². The molecule has 1 aromatic rings. The molecule has 2 bridgehead atoms. The molecule has 1 fully saturated rings. The van der Waals surface area contributed by atoms with E-state index >= 15 is 0 Å².